The first-order chi connectivity index (χ1) is 13.9. The van der Waals surface area contributed by atoms with Crippen LogP contribution in [0.4, 0.5) is 27.6 Å². The van der Waals surface area contributed by atoms with Gasteiger partial charge >= 0.3 is 6.18 Å². The monoisotopic (exact) mass is 437 g/mol. The van der Waals surface area contributed by atoms with Crippen LogP contribution in [0.5, 0.6) is 5.75 Å². The molecule has 7 nitrogen and oxygen atoms in total. The third kappa shape index (κ3) is 5.15. The maximum Gasteiger partial charge on any atom is 0.422 e. The van der Waals surface area contributed by atoms with Crippen LogP contribution in [0, 0.1) is 5.41 Å². The largest absolute Gasteiger partial charge is 0.482 e. The SMILES string of the molecule is CNC(=O)CC1(CC(=O)c2cc(OCC(F)(F)F)c(N3CC(F)(F)C3)cn2)COC1. The predicted molar refractivity (Wildman–Crippen MR) is 93.8 cm³/mol. The van der Waals surface area contributed by atoms with Crippen molar-refractivity contribution in [3.63, 3.8) is 0 Å². The number of hydrogen-bond donors (Lipinski definition) is 1. The molecule has 0 saturated carbocycles. The molecule has 1 aromatic heterocycles. The van der Waals surface area contributed by atoms with E-state index >= 15 is 0 Å². The van der Waals surface area contributed by atoms with Crippen LogP contribution in [0.3, 0.4) is 0 Å². The molecule has 1 N–H and O–H groups in total. The van der Waals surface area contributed by atoms with Gasteiger partial charge in [-0.05, 0) is 0 Å². The standard InChI is InChI=1S/C18H20F5N3O4/c1-24-15(28)4-16(8-29-9-16)3-13(27)11-2-14(30-10-18(21,22)23)12(5-25-11)26-6-17(19,20)7-26/h2,5H,3-4,6-10H2,1H3,(H,24,28). The quantitative estimate of drug-likeness (QED) is 0.496. The van der Waals surface area contributed by atoms with Gasteiger partial charge in [-0.15, -0.1) is 0 Å². The van der Waals surface area contributed by atoms with Crippen LogP contribution in [0.2, 0.25) is 0 Å². The van der Waals surface area contributed by atoms with Crippen molar-refractivity contribution in [1.29, 1.82) is 0 Å². The fraction of sp³-hybridized carbons (Fsp3) is 0.611. The summed E-state index contributed by atoms with van der Waals surface area (Å²) in [4.78, 5) is 29.4. The Morgan fingerprint density at radius 2 is 1.93 bits per heavy atom. The van der Waals surface area contributed by atoms with Crippen LogP contribution in [0.25, 0.3) is 0 Å². The van der Waals surface area contributed by atoms with E-state index in [1.807, 2.05) is 0 Å². The molecule has 0 radical (unpaired) electrons. The number of carbonyl (C=O) groups is 2. The Hall–Kier alpha value is -2.50. The molecule has 0 bridgehead atoms. The van der Waals surface area contributed by atoms with E-state index in [0.29, 0.717) is 0 Å². The number of carbonyl (C=O) groups excluding carboxylic acids is 2. The lowest BCUT2D eigenvalue weighted by Crippen LogP contribution is -2.56. The molecule has 2 aliphatic heterocycles. The first-order valence-corrected chi connectivity index (χ1v) is 9.06. The predicted octanol–water partition coefficient (Wildman–Crippen LogP) is 2.20. The Kier molecular flexibility index (Phi) is 5.89. The van der Waals surface area contributed by atoms with Gasteiger partial charge in [0.25, 0.3) is 5.92 Å². The third-order valence-electron chi connectivity index (χ3n) is 4.87. The molecule has 3 heterocycles. The Morgan fingerprint density at radius 1 is 1.27 bits per heavy atom. The van der Waals surface area contributed by atoms with Gasteiger partial charge in [-0.25, -0.2) is 8.78 Å². The van der Waals surface area contributed by atoms with E-state index in [-0.39, 0.29) is 49.1 Å². The van der Waals surface area contributed by atoms with Crippen LogP contribution >= 0.6 is 0 Å². The summed E-state index contributed by atoms with van der Waals surface area (Å²) in [5, 5.41) is 2.47. The molecule has 2 saturated heterocycles. The lowest BCUT2D eigenvalue weighted by Gasteiger charge is -2.41. The fourth-order valence-electron chi connectivity index (χ4n) is 3.29. The average molecular weight is 437 g/mol. The van der Waals surface area contributed by atoms with Crippen molar-refractivity contribution in [3.8, 4) is 5.75 Å². The summed E-state index contributed by atoms with van der Waals surface area (Å²) >= 11 is 0. The van der Waals surface area contributed by atoms with Crippen LogP contribution in [-0.2, 0) is 9.53 Å². The number of ether oxygens (including phenoxy) is 2. The van der Waals surface area contributed by atoms with E-state index in [9.17, 15) is 31.5 Å². The Morgan fingerprint density at radius 3 is 2.43 bits per heavy atom. The van der Waals surface area contributed by atoms with Crippen LogP contribution in [0.15, 0.2) is 12.3 Å². The van der Waals surface area contributed by atoms with Gasteiger partial charge in [-0.1, -0.05) is 0 Å². The van der Waals surface area contributed by atoms with Crippen molar-refractivity contribution < 1.29 is 41.0 Å². The first-order valence-electron chi connectivity index (χ1n) is 9.06. The molecule has 2 fully saturated rings. The van der Waals surface area contributed by atoms with Crippen LogP contribution < -0.4 is 15.0 Å². The number of ketones is 1. The molecule has 12 heteroatoms. The summed E-state index contributed by atoms with van der Waals surface area (Å²) in [6.45, 7) is -2.64. The summed E-state index contributed by atoms with van der Waals surface area (Å²) < 4.78 is 74.0. The van der Waals surface area contributed by atoms with E-state index < -0.39 is 43.0 Å². The normalized spacial score (nSPS) is 19.5. The van der Waals surface area contributed by atoms with Gasteiger partial charge < -0.3 is 19.7 Å². The molecule has 0 aliphatic carbocycles. The Labute approximate surface area is 168 Å². The number of pyridine rings is 1. The molecule has 1 amide bonds. The second-order valence-corrected chi connectivity index (χ2v) is 7.60. The van der Waals surface area contributed by atoms with Gasteiger partial charge in [0.2, 0.25) is 5.91 Å². The minimum absolute atomic E-state index is 0.0474. The number of alkyl halides is 5. The minimum atomic E-state index is -4.65. The molecule has 0 aromatic carbocycles. The summed E-state index contributed by atoms with van der Waals surface area (Å²) in [6, 6.07) is 1.02. The average Bonchev–Trinajstić information content (AvgIpc) is 2.61. The number of amides is 1. The molecule has 3 rings (SSSR count). The third-order valence-corrected chi connectivity index (χ3v) is 4.87. The summed E-state index contributed by atoms with van der Waals surface area (Å²) in [5.74, 6) is -4.10. The van der Waals surface area contributed by atoms with E-state index in [0.717, 1.165) is 17.2 Å². The highest BCUT2D eigenvalue weighted by Crippen LogP contribution is 2.39. The minimum Gasteiger partial charge on any atom is -0.482 e. The number of hydrogen-bond acceptors (Lipinski definition) is 6. The van der Waals surface area contributed by atoms with Crippen molar-refractivity contribution in [3.05, 3.63) is 18.0 Å². The zero-order valence-corrected chi connectivity index (χ0v) is 16.0. The highest BCUT2D eigenvalue weighted by Gasteiger charge is 2.46. The van der Waals surface area contributed by atoms with E-state index in [4.69, 9.17) is 9.47 Å². The fourth-order valence-corrected chi connectivity index (χ4v) is 3.29. The van der Waals surface area contributed by atoms with Gasteiger partial charge in [-0.3, -0.25) is 14.6 Å². The number of nitrogens with zero attached hydrogens (tertiary/aromatic N) is 2. The molecular formula is C18H20F5N3O4. The molecule has 0 spiro atoms. The van der Waals surface area contributed by atoms with Crippen molar-refractivity contribution in [2.75, 3.05) is 44.9 Å². The number of aromatic nitrogens is 1. The highest BCUT2D eigenvalue weighted by molar-refractivity contribution is 5.96. The smallest absolute Gasteiger partial charge is 0.422 e. The van der Waals surface area contributed by atoms with E-state index in [2.05, 4.69) is 10.3 Å². The number of Topliss-reactive ketones (excluding diaryl/α,β-unsaturated/α-hetero) is 1. The molecule has 1 aromatic rings. The second kappa shape index (κ2) is 7.97. The molecule has 2 aliphatic rings. The van der Waals surface area contributed by atoms with Crippen LogP contribution in [-0.4, -0.2) is 68.7 Å². The van der Waals surface area contributed by atoms with Gasteiger partial charge in [0.15, 0.2) is 12.4 Å². The van der Waals surface area contributed by atoms with Gasteiger partial charge in [0.1, 0.15) is 11.4 Å². The number of nitrogens with one attached hydrogen (secondary N) is 1. The topological polar surface area (TPSA) is 80.8 Å². The summed E-state index contributed by atoms with van der Waals surface area (Å²) in [5.41, 5.74) is -0.940. The van der Waals surface area contributed by atoms with E-state index in [1.54, 1.807) is 0 Å². The summed E-state index contributed by atoms with van der Waals surface area (Å²) in [6.07, 6.45) is -3.65. The molecule has 0 atom stereocenters. The van der Waals surface area contributed by atoms with Crippen molar-refractivity contribution >= 4 is 17.4 Å². The van der Waals surface area contributed by atoms with E-state index in [1.165, 1.54) is 7.05 Å². The maximum atomic E-state index is 13.2. The maximum absolute atomic E-state index is 13.2. The second-order valence-electron chi connectivity index (χ2n) is 7.60. The molecule has 166 valence electrons. The van der Waals surface area contributed by atoms with Gasteiger partial charge in [-0.2, -0.15) is 13.2 Å². The van der Waals surface area contributed by atoms with Crippen LogP contribution in [0.1, 0.15) is 23.3 Å². The molecular weight excluding hydrogens is 417 g/mol. The molecule has 0 unspecified atom stereocenters. The zero-order valence-electron chi connectivity index (χ0n) is 16.0. The highest BCUT2D eigenvalue weighted by atomic mass is 19.4. The van der Waals surface area contributed by atoms with Crippen molar-refractivity contribution in [1.82, 2.24) is 10.3 Å². The lowest BCUT2D eigenvalue weighted by molar-refractivity contribution is -0.153. The zero-order chi connectivity index (χ0) is 22.2. The Bertz CT molecular complexity index is 819. The molecule has 30 heavy (non-hydrogen) atoms. The van der Waals surface area contributed by atoms with Crippen molar-refractivity contribution in [2.45, 2.75) is 24.9 Å². The Balaban J connectivity index is 1.79. The number of anilines is 1. The van der Waals surface area contributed by atoms with Gasteiger partial charge in [0.05, 0.1) is 38.2 Å². The summed E-state index contributed by atoms with van der Waals surface area (Å²) in [7, 11) is 1.46. The number of halogens is 5. The lowest BCUT2D eigenvalue weighted by atomic mass is 9.77. The van der Waals surface area contributed by atoms with Crippen molar-refractivity contribution in [2.24, 2.45) is 5.41 Å². The van der Waals surface area contributed by atoms with Gasteiger partial charge in [0, 0.05) is 31.4 Å². The number of rotatable bonds is 8. The first kappa shape index (κ1) is 22.2.